The fourth-order valence-electron chi connectivity index (χ4n) is 9.33. The van der Waals surface area contributed by atoms with Crippen LogP contribution in [0.4, 0.5) is 17.6 Å². The number of thioether (sulfide) groups is 2. The molecule has 0 saturated carbocycles. The molecule has 2 aliphatic heterocycles. The molecule has 8 aromatic rings. The molecule has 0 aliphatic carbocycles. The predicted molar refractivity (Wildman–Crippen MR) is 275 cm³/mol. The number of piperazine rings is 2. The van der Waals surface area contributed by atoms with Gasteiger partial charge in [-0.3, -0.25) is 19.6 Å². The van der Waals surface area contributed by atoms with Gasteiger partial charge in [0.25, 0.3) is 0 Å². The number of aromatic nitrogens is 8. The van der Waals surface area contributed by atoms with Crippen molar-refractivity contribution in [2.24, 2.45) is 14.1 Å². The Kier molecular flexibility index (Phi) is 18.2. The second kappa shape index (κ2) is 24.9. The van der Waals surface area contributed by atoms with E-state index in [4.69, 9.17) is 0 Å². The number of fused-ring (bicyclic) bond motifs is 2. The molecule has 21 heteroatoms. The van der Waals surface area contributed by atoms with E-state index in [9.17, 15) is 27.8 Å². The number of β-amino-alcohol motifs (C(OH)–C–C–N with tert-alkyl or cyclic N) is 2. The van der Waals surface area contributed by atoms with Crippen LogP contribution in [0.1, 0.15) is 34.3 Å². The van der Waals surface area contributed by atoms with Crippen LogP contribution in [0.25, 0.3) is 22.3 Å². The summed E-state index contributed by atoms with van der Waals surface area (Å²) < 4.78 is 57.9. The van der Waals surface area contributed by atoms with E-state index < -0.39 is 12.2 Å². The van der Waals surface area contributed by atoms with Gasteiger partial charge in [-0.1, -0.05) is 48.5 Å². The van der Waals surface area contributed by atoms with Crippen molar-refractivity contribution < 1.29 is 33.3 Å². The van der Waals surface area contributed by atoms with Crippen LogP contribution in [0, 0.1) is 23.3 Å². The smallest absolute Gasteiger partial charge is 0.164 e. The monoisotopic (exact) mass is 1040 g/mol. The highest BCUT2D eigenvalue weighted by molar-refractivity contribution is 7.99. The predicted octanol–water partition coefficient (Wildman–Crippen LogP) is 6.18. The van der Waals surface area contributed by atoms with Crippen molar-refractivity contribution in [1.82, 2.24) is 58.6 Å². The molecule has 0 amide bonds. The van der Waals surface area contributed by atoms with E-state index in [0.717, 1.165) is 107 Å². The Bertz CT molecular complexity index is 2700. The summed E-state index contributed by atoms with van der Waals surface area (Å²) in [5.74, 6) is -0.0935. The van der Waals surface area contributed by atoms with Crippen LogP contribution in [-0.2, 0) is 14.1 Å². The molecule has 2 atom stereocenters. The van der Waals surface area contributed by atoms with Gasteiger partial charge in [0.1, 0.15) is 57.0 Å². The average molecular weight is 1040 g/mol. The van der Waals surface area contributed by atoms with Crippen LogP contribution in [0.5, 0.6) is 0 Å². The molecule has 73 heavy (non-hydrogen) atoms. The molecule has 10 rings (SSSR count). The minimum Gasteiger partial charge on any atom is -0.412 e. The van der Waals surface area contributed by atoms with Gasteiger partial charge in [0.2, 0.25) is 0 Å². The highest BCUT2D eigenvalue weighted by atomic mass is 32.2. The van der Waals surface area contributed by atoms with Crippen molar-refractivity contribution in [2.45, 2.75) is 34.3 Å². The number of halogens is 4. The maximum absolute atomic E-state index is 13.6. The minimum absolute atomic E-state index is 0. The van der Waals surface area contributed by atoms with E-state index in [2.05, 4.69) is 49.5 Å². The first-order valence-electron chi connectivity index (χ1n) is 23.8. The van der Waals surface area contributed by atoms with Gasteiger partial charge < -0.3 is 24.8 Å². The van der Waals surface area contributed by atoms with Gasteiger partial charge >= 0.3 is 0 Å². The highest BCUT2D eigenvalue weighted by Crippen LogP contribution is 2.33. The Morgan fingerprint density at radius 3 is 1.05 bits per heavy atom. The van der Waals surface area contributed by atoms with Gasteiger partial charge in [0.15, 0.2) is 11.3 Å². The third-order valence-corrected chi connectivity index (χ3v) is 15.2. The van der Waals surface area contributed by atoms with Crippen LogP contribution in [0.3, 0.4) is 0 Å². The molecule has 2 unspecified atom stereocenters. The van der Waals surface area contributed by atoms with Crippen LogP contribution in [0.15, 0.2) is 132 Å². The third-order valence-electron chi connectivity index (χ3n) is 13.0. The summed E-state index contributed by atoms with van der Waals surface area (Å²) in [5.41, 5.74) is 6.93. The fourth-order valence-corrected chi connectivity index (χ4v) is 11.0. The number of rotatable bonds is 16. The van der Waals surface area contributed by atoms with Crippen molar-refractivity contribution in [1.29, 1.82) is 0 Å². The molecule has 2 saturated heterocycles. The summed E-state index contributed by atoms with van der Waals surface area (Å²) in [5, 5.41) is 23.0. The molecule has 4 N–H and O–H groups in total. The van der Waals surface area contributed by atoms with Crippen molar-refractivity contribution in [3.63, 3.8) is 0 Å². The van der Waals surface area contributed by atoms with E-state index in [-0.39, 0.29) is 40.8 Å². The van der Waals surface area contributed by atoms with Crippen molar-refractivity contribution in [2.75, 3.05) is 77.0 Å². The zero-order valence-electron chi connectivity index (χ0n) is 40.4. The first-order valence-corrected chi connectivity index (χ1v) is 25.7. The van der Waals surface area contributed by atoms with E-state index in [1.54, 1.807) is 61.2 Å². The molecule has 2 aliphatic rings. The van der Waals surface area contributed by atoms with E-state index >= 15 is 0 Å². The summed E-state index contributed by atoms with van der Waals surface area (Å²) in [6.07, 6.45) is 5.45. The number of nitrogens with zero attached hydrogens (tertiary/aromatic N) is 12. The molecule has 4 aromatic carbocycles. The molecular weight excluding hydrogens is 981 g/mol. The lowest BCUT2D eigenvalue weighted by Crippen LogP contribution is -2.50. The molecule has 4 aromatic heterocycles. The van der Waals surface area contributed by atoms with Crippen LogP contribution in [0.2, 0.25) is 0 Å². The minimum atomic E-state index is -0.514. The standard InChI is InChI=1S/2C26H28F2N6OS.H2O/c2*1-32-17-31-23-25(32)29-16-30-26(23)36-15-22(35)14-33-10-12-34(13-11-33)24(18-2-6-20(27)7-3-18)19-4-8-21(28)9-5-19;/h2*2-9,16-17,22,24,35H,10-15H2,1H3;1H2. The van der Waals surface area contributed by atoms with Gasteiger partial charge in [-0.25, -0.2) is 47.5 Å². The summed E-state index contributed by atoms with van der Waals surface area (Å²) in [4.78, 5) is 35.1. The van der Waals surface area contributed by atoms with E-state index in [1.807, 2.05) is 23.2 Å². The molecule has 0 spiro atoms. The van der Waals surface area contributed by atoms with Gasteiger partial charge in [-0.2, -0.15) is 0 Å². The second-order valence-electron chi connectivity index (χ2n) is 18.0. The lowest BCUT2D eigenvalue weighted by molar-refractivity contribution is 0.0707. The normalized spacial score (nSPS) is 15.9. The van der Waals surface area contributed by atoms with Gasteiger partial charge in [0.05, 0.1) is 36.9 Å². The number of hydrogen-bond acceptors (Lipinski definition) is 14. The van der Waals surface area contributed by atoms with E-state index in [0.29, 0.717) is 24.6 Å². The Labute approximate surface area is 429 Å². The molecular formula is C52H58F4N12O3S2. The van der Waals surface area contributed by atoms with Crippen molar-refractivity contribution in [3.05, 3.63) is 168 Å². The third kappa shape index (κ3) is 13.5. The Morgan fingerprint density at radius 1 is 0.452 bits per heavy atom. The number of aliphatic hydroxyl groups excluding tert-OH is 2. The molecule has 0 radical (unpaired) electrons. The highest BCUT2D eigenvalue weighted by Gasteiger charge is 2.29. The topological polar surface area (TPSA) is 172 Å². The lowest BCUT2D eigenvalue weighted by Gasteiger charge is -2.40. The molecule has 0 bridgehead atoms. The quantitative estimate of drug-likeness (QED) is 0.0639. The number of aliphatic hydroxyl groups is 2. The maximum atomic E-state index is 13.6. The Balaban J connectivity index is 0.000000192. The summed E-state index contributed by atoms with van der Waals surface area (Å²) in [7, 11) is 3.78. The zero-order valence-corrected chi connectivity index (χ0v) is 42.1. The largest absolute Gasteiger partial charge is 0.412 e. The Morgan fingerprint density at radius 2 is 0.753 bits per heavy atom. The second-order valence-corrected chi connectivity index (χ2v) is 20.0. The van der Waals surface area contributed by atoms with Gasteiger partial charge in [-0.05, 0) is 70.8 Å². The van der Waals surface area contributed by atoms with E-state index in [1.165, 1.54) is 84.7 Å². The number of hydrogen-bond donors (Lipinski definition) is 2. The van der Waals surface area contributed by atoms with Crippen LogP contribution < -0.4 is 0 Å². The first kappa shape index (κ1) is 53.4. The summed E-state index contributed by atoms with van der Waals surface area (Å²) >= 11 is 2.97. The maximum Gasteiger partial charge on any atom is 0.164 e. The first-order chi connectivity index (χ1) is 34.9. The molecule has 6 heterocycles. The zero-order chi connectivity index (χ0) is 50.1. The Hall–Kier alpha value is -5.88. The van der Waals surface area contributed by atoms with Crippen molar-refractivity contribution >= 4 is 45.9 Å². The fraction of sp³-hybridized carbons (Fsp3) is 0.346. The molecule has 384 valence electrons. The van der Waals surface area contributed by atoms with Crippen LogP contribution in [-0.4, -0.2) is 163 Å². The molecule has 15 nitrogen and oxygen atoms in total. The number of benzene rings is 4. The SMILES string of the molecule is Cn1cnc2c(SCC(O)CN3CCN(C(c4ccc(F)cc4)c4ccc(F)cc4)CC3)ncnc21.Cn1cnc2c(SCC(O)CN3CCN(C(c4ccc(F)cc4)c4ccc(F)cc4)CC3)ncnc21.O. The van der Waals surface area contributed by atoms with Crippen molar-refractivity contribution in [3.8, 4) is 0 Å². The lowest BCUT2D eigenvalue weighted by atomic mass is 9.96. The number of imidazole rings is 2. The van der Waals surface area contributed by atoms with Crippen LogP contribution >= 0.6 is 23.5 Å². The number of aryl methyl sites for hydroxylation is 2. The average Bonchev–Trinajstić information content (AvgIpc) is 3.98. The summed E-state index contributed by atoms with van der Waals surface area (Å²) in [6.45, 7) is 7.40. The van der Waals surface area contributed by atoms with Gasteiger partial charge in [0, 0.05) is 91.0 Å². The molecule has 2 fully saturated rings. The summed E-state index contributed by atoms with van der Waals surface area (Å²) in [6, 6.07) is 25.9. The van der Waals surface area contributed by atoms with Gasteiger partial charge in [-0.15, -0.1) is 23.5 Å².